The molecule has 0 heterocycles. The number of benzene rings is 2. The molecule has 2 aromatic rings. The molecule has 0 unspecified atom stereocenters. The SMILES string of the molecule is O=C([O-])c1ccccc1[N+](=O)[O-].O=C([O-])c1ccccc1[N+](=O)[O-].[Ba+2]. The zero-order valence-electron chi connectivity index (χ0n) is 12.5. The number of carbonyl (C=O) groups excluding carboxylic acids is 2. The Kier molecular flexibility index (Phi) is 9.63. The number of rotatable bonds is 4. The summed E-state index contributed by atoms with van der Waals surface area (Å²) in [6, 6.07) is 10.1. The van der Waals surface area contributed by atoms with E-state index in [1.165, 1.54) is 24.3 Å². The predicted molar refractivity (Wildman–Crippen MR) is 80.6 cm³/mol. The standard InChI is InChI=1S/2C7H5NO4.Ba/c2*9-7(10)5-3-1-2-4-6(5)8(11)12;/h2*1-4H,(H,9,10);/q;;+2/p-2. The minimum atomic E-state index is -1.54. The van der Waals surface area contributed by atoms with Gasteiger partial charge in [-0.2, -0.15) is 0 Å². The molecule has 0 radical (unpaired) electrons. The van der Waals surface area contributed by atoms with E-state index in [0.29, 0.717) is 0 Å². The van der Waals surface area contributed by atoms with E-state index in [-0.39, 0.29) is 48.9 Å². The van der Waals surface area contributed by atoms with Crippen molar-refractivity contribution in [1.82, 2.24) is 0 Å². The van der Waals surface area contributed by atoms with E-state index in [9.17, 15) is 40.0 Å². The van der Waals surface area contributed by atoms with E-state index in [4.69, 9.17) is 0 Å². The van der Waals surface area contributed by atoms with Crippen molar-refractivity contribution in [3.8, 4) is 0 Å². The number of carboxylic acid groups (broad SMARTS) is 2. The van der Waals surface area contributed by atoms with Crippen LogP contribution in [0.4, 0.5) is 11.4 Å². The minimum Gasteiger partial charge on any atom is -0.545 e. The summed E-state index contributed by atoms with van der Waals surface area (Å²) < 4.78 is 0. The third kappa shape index (κ3) is 6.64. The number of nitro groups is 2. The van der Waals surface area contributed by atoms with Crippen LogP contribution in [0.1, 0.15) is 20.7 Å². The second kappa shape index (κ2) is 10.6. The fraction of sp³-hybridized carbons (Fsp3) is 0. The quantitative estimate of drug-likeness (QED) is 0.329. The van der Waals surface area contributed by atoms with Gasteiger partial charge in [-0.15, -0.1) is 0 Å². The maximum Gasteiger partial charge on any atom is 2.00 e. The molecule has 2 aromatic carbocycles. The van der Waals surface area contributed by atoms with Gasteiger partial charge in [-0.3, -0.25) is 20.2 Å². The zero-order valence-corrected chi connectivity index (χ0v) is 16.9. The van der Waals surface area contributed by atoms with Crippen molar-refractivity contribution in [2.75, 3.05) is 0 Å². The number of hydrogen-bond acceptors (Lipinski definition) is 8. The molecule has 0 atom stereocenters. The van der Waals surface area contributed by atoms with Crippen molar-refractivity contribution in [3.63, 3.8) is 0 Å². The monoisotopic (exact) mass is 470 g/mol. The fourth-order valence-electron chi connectivity index (χ4n) is 1.61. The topological polar surface area (TPSA) is 167 Å². The van der Waals surface area contributed by atoms with Gasteiger partial charge in [0.05, 0.1) is 32.9 Å². The summed E-state index contributed by atoms with van der Waals surface area (Å²) in [7, 11) is 0. The Morgan fingerprint density at radius 1 is 0.680 bits per heavy atom. The van der Waals surface area contributed by atoms with Gasteiger partial charge in [-0.1, -0.05) is 24.3 Å². The van der Waals surface area contributed by atoms with Gasteiger partial charge in [0.2, 0.25) is 0 Å². The van der Waals surface area contributed by atoms with Gasteiger partial charge in [-0.25, -0.2) is 0 Å². The molecule has 124 valence electrons. The van der Waals surface area contributed by atoms with Crippen LogP contribution in [0.25, 0.3) is 0 Å². The molecular formula is C14H8BaN2O8. The predicted octanol–water partition coefficient (Wildman–Crippen LogP) is -0.464. The number of aromatic carboxylic acids is 2. The Labute approximate surface area is 180 Å². The van der Waals surface area contributed by atoms with Crippen LogP contribution in [-0.4, -0.2) is 70.7 Å². The van der Waals surface area contributed by atoms with Crippen LogP contribution < -0.4 is 10.2 Å². The van der Waals surface area contributed by atoms with Crippen LogP contribution in [0.15, 0.2) is 48.5 Å². The van der Waals surface area contributed by atoms with E-state index in [1.807, 2.05) is 0 Å². The molecule has 0 saturated heterocycles. The minimum absolute atomic E-state index is 0. The normalized spacial score (nSPS) is 8.96. The summed E-state index contributed by atoms with van der Waals surface area (Å²) in [6.45, 7) is 0. The van der Waals surface area contributed by atoms with Crippen LogP contribution >= 0.6 is 0 Å². The first kappa shape index (κ1) is 22.8. The average molecular weight is 470 g/mol. The van der Waals surface area contributed by atoms with Crippen molar-refractivity contribution in [1.29, 1.82) is 0 Å². The van der Waals surface area contributed by atoms with Gasteiger partial charge in [0.1, 0.15) is 0 Å². The second-order valence-electron chi connectivity index (χ2n) is 4.12. The van der Waals surface area contributed by atoms with Gasteiger partial charge in [0.25, 0.3) is 11.4 Å². The number of carboxylic acids is 2. The summed E-state index contributed by atoms with van der Waals surface area (Å²) in [6.07, 6.45) is 0. The van der Waals surface area contributed by atoms with E-state index >= 15 is 0 Å². The van der Waals surface area contributed by atoms with E-state index in [2.05, 4.69) is 0 Å². The molecule has 0 aliphatic carbocycles. The van der Waals surface area contributed by atoms with E-state index in [1.54, 1.807) is 0 Å². The molecule has 0 fully saturated rings. The summed E-state index contributed by atoms with van der Waals surface area (Å²) in [5, 5.41) is 41.1. The summed E-state index contributed by atoms with van der Waals surface area (Å²) in [5.41, 5.74) is -1.69. The molecular weight excluding hydrogens is 461 g/mol. The first-order valence-electron chi connectivity index (χ1n) is 6.15. The molecule has 0 aliphatic rings. The summed E-state index contributed by atoms with van der Waals surface area (Å²) >= 11 is 0. The molecule has 0 aromatic heterocycles. The smallest absolute Gasteiger partial charge is 0.545 e. The van der Waals surface area contributed by atoms with Gasteiger partial charge in [0.15, 0.2) is 0 Å². The molecule has 0 amide bonds. The second-order valence-corrected chi connectivity index (χ2v) is 4.12. The maximum atomic E-state index is 10.3. The number of para-hydroxylation sites is 2. The Hall–Kier alpha value is -2.25. The van der Waals surface area contributed by atoms with Crippen molar-refractivity contribution in [3.05, 3.63) is 79.9 Å². The first-order valence-corrected chi connectivity index (χ1v) is 6.15. The molecule has 0 bridgehead atoms. The molecule has 2 rings (SSSR count). The third-order valence-corrected chi connectivity index (χ3v) is 2.64. The van der Waals surface area contributed by atoms with Gasteiger partial charge in [0, 0.05) is 12.1 Å². The largest absolute Gasteiger partial charge is 2.00 e. The summed E-state index contributed by atoms with van der Waals surface area (Å²) in [4.78, 5) is 39.6. The van der Waals surface area contributed by atoms with Crippen LogP contribution in [0.2, 0.25) is 0 Å². The van der Waals surface area contributed by atoms with Crippen LogP contribution in [0.3, 0.4) is 0 Å². The molecule has 0 N–H and O–H groups in total. The third-order valence-electron chi connectivity index (χ3n) is 2.64. The maximum absolute atomic E-state index is 10.3. The van der Waals surface area contributed by atoms with Crippen molar-refractivity contribution in [2.24, 2.45) is 0 Å². The van der Waals surface area contributed by atoms with Gasteiger partial charge in [-0.05, 0) is 12.1 Å². The fourth-order valence-corrected chi connectivity index (χ4v) is 1.61. The average Bonchev–Trinajstić information content (AvgIpc) is 2.55. The molecule has 0 spiro atoms. The number of nitrogens with zero attached hydrogens (tertiary/aromatic N) is 2. The van der Waals surface area contributed by atoms with Gasteiger partial charge >= 0.3 is 48.9 Å². The van der Waals surface area contributed by atoms with Crippen molar-refractivity contribution in [2.45, 2.75) is 0 Å². The van der Waals surface area contributed by atoms with E-state index < -0.39 is 44.3 Å². The van der Waals surface area contributed by atoms with Crippen LogP contribution in [0, 0.1) is 20.2 Å². The Morgan fingerprint density at radius 2 is 0.960 bits per heavy atom. The molecule has 0 aliphatic heterocycles. The zero-order chi connectivity index (χ0) is 18.3. The molecule has 11 heteroatoms. The number of hydrogen-bond donors (Lipinski definition) is 0. The summed E-state index contributed by atoms with van der Waals surface area (Å²) in [5.74, 6) is -3.08. The number of carbonyl (C=O) groups is 2. The Bertz CT molecular complexity index is 675. The molecule has 10 nitrogen and oxygen atoms in total. The van der Waals surface area contributed by atoms with Gasteiger partial charge < -0.3 is 19.8 Å². The van der Waals surface area contributed by atoms with E-state index in [0.717, 1.165) is 24.3 Å². The van der Waals surface area contributed by atoms with Crippen molar-refractivity contribution >= 4 is 72.2 Å². The molecule has 25 heavy (non-hydrogen) atoms. The number of nitro benzene ring substituents is 2. The Morgan fingerprint density at radius 3 is 1.16 bits per heavy atom. The Balaban J connectivity index is 0.000000443. The first-order chi connectivity index (χ1) is 11.3. The molecule has 0 saturated carbocycles. The van der Waals surface area contributed by atoms with Crippen molar-refractivity contribution < 1.29 is 29.6 Å². The van der Waals surface area contributed by atoms with Crippen LogP contribution in [0.5, 0.6) is 0 Å². The van der Waals surface area contributed by atoms with Crippen LogP contribution in [-0.2, 0) is 0 Å².